The predicted molar refractivity (Wildman–Crippen MR) is 28.7 cm³/mol. The first-order valence-electron chi connectivity index (χ1n) is 2.54. The minimum Gasteiger partial charge on any atom is -0.314 e. The van der Waals surface area contributed by atoms with Crippen molar-refractivity contribution >= 4 is 0 Å². The molecule has 1 aliphatic heterocycles. The molecule has 0 unspecified atom stereocenters. The van der Waals surface area contributed by atoms with Crippen LogP contribution in [-0.4, -0.2) is 36.4 Å². The van der Waals surface area contributed by atoms with E-state index in [-0.39, 0.29) is 4.70 Å². The number of piperazine rings is 1. The lowest BCUT2D eigenvalue weighted by atomic mass is 10.4. The Morgan fingerprint density at radius 3 is 2.00 bits per heavy atom. The minimum absolute atomic E-state index is 0. The van der Waals surface area contributed by atoms with Gasteiger partial charge >= 0.3 is 0 Å². The van der Waals surface area contributed by atoms with Crippen LogP contribution < -0.4 is 5.32 Å². The second kappa shape index (κ2) is 3.77. The van der Waals surface area contributed by atoms with Gasteiger partial charge in [-0.05, 0) is 0 Å². The summed E-state index contributed by atoms with van der Waals surface area (Å²) in [5, 5.41) is 13.1. The van der Waals surface area contributed by atoms with Gasteiger partial charge in [-0.2, -0.15) is 5.06 Å². The smallest absolute Gasteiger partial charge is 0.0363 e. The summed E-state index contributed by atoms with van der Waals surface area (Å²) in [7, 11) is 0. The normalized spacial score (nSPS) is 22.1. The molecule has 0 amide bonds. The molecule has 0 aliphatic carbocycles. The van der Waals surface area contributed by atoms with Crippen molar-refractivity contribution < 1.29 is 9.91 Å². The molecule has 1 saturated heterocycles. The molecule has 1 rings (SSSR count). The maximum absolute atomic E-state index is 8.70. The summed E-state index contributed by atoms with van der Waals surface area (Å²) in [6.07, 6.45) is 0. The molecule has 0 radical (unpaired) electrons. The van der Waals surface area contributed by atoms with Crippen molar-refractivity contribution in [1.29, 1.82) is 0 Å². The van der Waals surface area contributed by atoms with E-state index in [0.717, 1.165) is 26.2 Å². The minimum atomic E-state index is 0. The fourth-order valence-electron chi connectivity index (χ4n) is 0.653. The van der Waals surface area contributed by atoms with Crippen LogP contribution in [0.5, 0.6) is 0 Å². The highest BCUT2D eigenvalue weighted by atomic mass is 19.0. The summed E-state index contributed by atoms with van der Waals surface area (Å²) < 4.78 is 0. The van der Waals surface area contributed by atoms with Gasteiger partial charge < -0.3 is 10.5 Å². The van der Waals surface area contributed by atoms with Crippen LogP contribution in [0.3, 0.4) is 0 Å². The Kier molecular flexibility index (Phi) is 3.68. The molecule has 1 heterocycles. The summed E-state index contributed by atoms with van der Waals surface area (Å²) in [6.45, 7) is 3.35. The van der Waals surface area contributed by atoms with Crippen LogP contribution in [0.1, 0.15) is 0 Å². The highest BCUT2D eigenvalue weighted by molar-refractivity contribution is 4.58. The van der Waals surface area contributed by atoms with Crippen LogP contribution in [0, 0.1) is 0 Å². The third kappa shape index (κ3) is 2.20. The molecule has 0 saturated carbocycles. The molecule has 0 aromatic heterocycles. The van der Waals surface area contributed by atoms with Crippen LogP contribution in [0.2, 0.25) is 0 Å². The van der Waals surface area contributed by atoms with Gasteiger partial charge in [0.2, 0.25) is 0 Å². The summed E-state index contributed by atoms with van der Waals surface area (Å²) in [4.78, 5) is 0. The van der Waals surface area contributed by atoms with E-state index in [0.29, 0.717) is 0 Å². The second-order valence-electron chi connectivity index (χ2n) is 1.70. The van der Waals surface area contributed by atoms with Crippen LogP contribution in [0.4, 0.5) is 4.70 Å². The van der Waals surface area contributed by atoms with Crippen molar-refractivity contribution in [2.24, 2.45) is 0 Å². The molecule has 3 nitrogen and oxygen atoms in total. The lowest BCUT2D eigenvalue weighted by Gasteiger charge is -2.19. The van der Waals surface area contributed by atoms with E-state index in [1.165, 1.54) is 5.06 Å². The van der Waals surface area contributed by atoms with Gasteiger partial charge in [0.25, 0.3) is 0 Å². The van der Waals surface area contributed by atoms with E-state index in [2.05, 4.69) is 5.32 Å². The Balaban J connectivity index is 0.000000490. The van der Waals surface area contributed by atoms with Gasteiger partial charge in [0.1, 0.15) is 0 Å². The topological polar surface area (TPSA) is 35.5 Å². The average molecular weight is 122 g/mol. The van der Waals surface area contributed by atoms with Gasteiger partial charge in [0.05, 0.1) is 0 Å². The second-order valence-corrected chi connectivity index (χ2v) is 1.70. The number of hydroxylamine groups is 2. The van der Waals surface area contributed by atoms with Gasteiger partial charge in [0.15, 0.2) is 0 Å². The summed E-state index contributed by atoms with van der Waals surface area (Å²) in [5.74, 6) is 0. The molecule has 50 valence electrons. The van der Waals surface area contributed by atoms with Crippen molar-refractivity contribution in [2.75, 3.05) is 26.2 Å². The number of hydrogen-bond donors (Lipinski definition) is 2. The fraction of sp³-hybridized carbons (Fsp3) is 1.00. The SMILES string of the molecule is F.ON1CCNCC1. The maximum atomic E-state index is 8.70. The van der Waals surface area contributed by atoms with Crippen molar-refractivity contribution in [1.82, 2.24) is 10.4 Å². The zero-order valence-electron chi connectivity index (χ0n) is 4.63. The Hall–Kier alpha value is -0.190. The van der Waals surface area contributed by atoms with Crippen molar-refractivity contribution in [3.05, 3.63) is 0 Å². The van der Waals surface area contributed by atoms with Crippen molar-refractivity contribution in [2.45, 2.75) is 0 Å². The summed E-state index contributed by atoms with van der Waals surface area (Å²) in [5.41, 5.74) is 0. The third-order valence-electron chi connectivity index (χ3n) is 1.09. The third-order valence-corrected chi connectivity index (χ3v) is 1.09. The molecular formula is C4H11FN2O. The first kappa shape index (κ1) is 7.81. The number of nitrogens with one attached hydrogen (secondary N) is 1. The Labute approximate surface area is 47.6 Å². The van der Waals surface area contributed by atoms with Crippen molar-refractivity contribution in [3.63, 3.8) is 0 Å². The van der Waals surface area contributed by atoms with Gasteiger partial charge in [-0.3, -0.25) is 4.70 Å². The number of rotatable bonds is 0. The van der Waals surface area contributed by atoms with Gasteiger partial charge in [-0.1, -0.05) is 0 Å². The molecule has 0 aromatic carbocycles. The van der Waals surface area contributed by atoms with Crippen LogP contribution in [-0.2, 0) is 0 Å². The maximum Gasteiger partial charge on any atom is 0.0363 e. The molecule has 0 bridgehead atoms. The lowest BCUT2D eigenvalue weighted by Crippen LogP contribution is -2.41. The summed E-state index contributed by atoms with van der Waals surface area (Å²) in [6, 6.07) is 0. The molecule has 1 aliphatic rings. The standard InChI is InChI=1S/C4H10N2O.FH/c7-6-3-1-5-2-4-6;/h5,7H,1-4H2;1H. The quantitative estimate of drug-likeness (QED) is 0.452. The first-order chi connectivity index (χ1) is 3.39. The Morgan fingerprint density at radius 1 is 1.25 bits per heavy atom. The first-order valence-corrected chi connectivity index (χ1v) is 2.54. The van der Waals surface area contributed by atoms with Gasteiger partial charge in [0, 0.05) is 26.2 Å². The van der Waals surface area contributed by atoms with E-state index in [1.54, 1.807) is 0 Å². The van der Waals surface area contributed by atoms with E-state index in [1.807, 2.05) is 0 Å². The summed E-state index contributed by atoms with van der Waals surface area (Å²) >= 11 is 0. The monoisotopic (exact) mass is 122 g/mol. The van der Waals surface area contributed by atoms with E-state index >= 15 is 0 Å². The number of nitrogens with zero attached hydrogens (tertiary/aromatic N) is 1. The highest BCUT2D eigenvalue weighted by Gasteiger charge is 2.03. The molecular weight excluding hydrogens is 111 g/mol. The highest BCUT2D eigenvalue weighted by Crippen LogP contribution is 1.82. The molecule has 1 fully saturated rings. The van der Waals surface area contributed by atoms with Crippen LogP contribution in [0.25, 0.3) is 0 Å². The lowest BCUT2D eigenvalue weighted by molar-refractivity contribution is -0.0976. The van der Waals surface area contributed by atoms with E-state index < -0.39 is 0 Å². The molecule has 8 heavy (non-hydrogen) atoms. The molecule has 4 heteroatoms. The average Bonchev–Trinajstić information content (AvgIpc) is 1.69. The molecule has 2 N–H and O–H groups in total. The molecule has 0 aromatic rings. The van der Waals surface area contributed by atoms with Crippen molar-refractivity contribution in [3.8, 4) is 0 Å². The van der Waals surface area contributed by atoms with Crippen LogP contribution in [0.15, 0.2) is 0 Å². The molecule has 0 spiro atoms. The van der Waals surface area contributed by atoms with Crippen LogP contribution >= 0.6 is 0 Å². The van der Waals surface area contributed by atoms with Gasteiger partial charge in [-0.25, -0.2) is 0 Å². The predicted octanol–water partition coefficient (Wildman–Crippen LogP) is -0.567. The largest absolute Gasteiger partial charge is 0.314 e. The Morgan fingerprint density at radius 2 is 1.75 bits per heavy atom. The number of halogens is 1. The van der Waals surface area contributed by atoms with E-state index in [9.17, 15) is 0 Å². The van der Waals surface area contributed by atoms with E-state index in [4.69, 9.17) is 5.21 Å². The fourth-order valence-corrected chi connectivity index (χ4v) is 0.653. The zero-order chi connectivity index (χ0) is 5.11. The van der Waals surface area contributed by atoms with Gasteiger partial charge in [-0.15, -0.1) is 0 Å². The zero-order valence-corrected chi connectivity index (χ0v) is 4.63. The molecule has 0 atom stereocenters. The Bertz CT molecular complexity index is 56.0. The number of hydrogen-bond acceptors (Lipinski definition) is 3.